The molecule has 5 heteroatoms. The third kappa shape index (κ3) is 3.62. The number of nitrogens with one attached hydrogen (secondary N) is 1. The molecule has 0 saturated carbocycles. The first kappa shape index (κ1) is 13.7. The Morgan fingerprint density at radius 2 is 2.17 bits per heavy atom. The van der Waals surface area contributed by atoms with Crippen molar-refractivity contribution in [3.63, 3.8) is 0 Å². The van der Waals surface area contributed by atoms with Gasteiger partial charge in [0.25, 0.3) is 0 Å². The van der Waals surface area contributed by atoms with Crippen LogP contribution >= 0.6 is 11.6 Å². The predicted octanol–water partition coefficient (Wildman–Crippen LogP) is 3.06. The Bertz CT molecular complexity index is 429. The number of rotatable bonds is 4. The zero-order valence-electron chi connectivity index (χ0n) is 10.4. The Morgan fingerprint density at radius 3 is 2.78 bits per heavy atom. The summed E-state index contributed by atoms with van der Waals surface area (Å²) in [5.74, 6) is 2.31. The molecule has 1 aromatic carbocycles. The molecule has 1 aliphatic rings. The summed E-state index contributed by atoms with van der Waals surface area (Å²) in [6.07, 6.45) is 1.91. The lowest BCUT2D eigenvalue weighted by Crippen LogP contribution is -2.29. The van der Waals surface area contributed by atoms with E-state index >= 15 is 0 Å². The largest absolute Gasteiger partial charge is 0.492 e. The minimum atomic E-state index is -0.616. The van der Waals surface area contributed by atoms with Gasteiger partial charge in [0.15, 0.2) is 0 Å². The lowest BCUT2D eigenvalue weighted by molar-refractivity contribution is 0.340. The van der Waals surface area contributed by atoms with Crippen molar-refractivity contribution in [2.75, 3.05) is 23.4 Å². The zero-order chi connectivity index (χ0) is 13.0. The fourth-order valence-electron chi connectivity index (χ4n) is 2.04. The highest BCUT2D eigenvalue weighted by atomic mass is 35.5. The van der Waals surface area contributed by atoms with Crippen LogP contribution < -0.4 is 10.1 Å². The minimum absolute atomic E-state index is 0.400. The number of anilines is 1. The van der Waals surface area contributed by atoms with E-state index in [0.29, 0.717) is 17.7 Å². The van der Waals surface area contributed by atoms with Gasteiger partial charge in [-0.15, -0.1) is 0 Å². The number of benzene rings is 1. The van der Waals surface area contributed by atoms with E-state index in [-0.39, 0.29) is 0 Å². The quantitative estimate of drug-likeness (QED) is 0.925. The summed E-state index contributed by atoms with van der Waals surface area (Å²) in [7, 11) is -0.616. The van der Waals surface area contributed by atoms with Crippen LogP contribution in [-0.4, -0.2) is 28.4 Å². The molecule has 1 aliphatic heterocycles. The van der Waals surface area contributed by atoms with Gasteiger partial charge in [0.05, 0.1) is 11.6 Å². The van der Waals surface area contributed by atoms with Crippen LogP contribution in [0.2, 0.25) is 5.02 Å². The van der Waals surface area contributed by atoms with E-state index in [0.717, 1.165) is 35.8 Å². The van der Waals surface area contributed by atoms with Crippen molar-refractivity contribution >= 4 is 28.1 Å². The molecular weight excluding hydrogens is 270 g/mol. The van der Waals surface area contributed by atoms with E-state index in [4.69, 9.17) is 16.3 Å². The maximum Gasteiger partial charge on any atom is 0.138 e. The zero-order valence-corrected chi connectivity index (χ0v) is 12.0. The molecular formula is C13H18ClNO2S. The minimum Gasteiger partial charge on any atom is -0.492 e. The summed E-state index contributed by atoms with van der Waals surface area (Å²) in [6.45, 7) is 2.55. The summed E-state index contributed by atoms with van der Waals surface area (Å²) in [6, 6.07) is 6.15. The maximum absolute atomic E-state index is 11.3. The lowest BCUT2D eigenvalue weighted by Gasteiger charge is -2.23. The van der Waals surface area contributed by atoms with Crippen molar-refractivity contribution in [1.82, 2.24) is 0 Å². The molecule has 1 N–H and O–H groups in total. The third-order valence-corrected chi connectivity index (χ3v) is 4.67. The normalized spacial score (nSPS) is 23.7. The standard InChI is InChI=1S/C13H18ClNO2S/c1-2-17-13-4-3-11(9-12(13)14)15-10-5-7-18(16)8-6-10/h3-4,9-10,15H,2,5-8H2,1H3. The molecule has 100 valence electrons. The van der Waals surface area contributed by atoms with E-state index in [9.17, 15) is 4.21 Å². The van der Waals surface area contributed by atoms with Gasteiger partial charge < -0.3 is 10.1 Å². The molecule has 2 rings (SSSR count). The molecule has 18 heavy (non-hydrogen) atoms. The Kier molecular flexibility index (Phi) is 4.89. The third-order valence-electron chi connectivity index (χ3n) is 2.99. The molecule has 1 aromatic rings. The average Bonchev–Trinajstić information content (AvgIpc) is 2.36. The molecule has 0 aliphatic carbocycles. The molecule has 0 spiro atoms. The molecule has 1 fully saturated rings. The van der Waals surface area contributed by atoms with E-state index < -0.39 is 10.8 Å². The van der Waals surface area contributed by atoms with Crippen LogP contribution in [0.1, 0.15) is 19.8 Å². The van der Waals surface area contributed by atoms with Gasteiger partial charge in [0.1, 0.15) is 5.75 Å². The first-order valence-corrected chi connectivity index (χ1v) is 8.09. The number of hydrogen-bond donors (Lipinski definition) is 1. The highest BCUT2D eigenvalue weighted by Crippen LogP contribution is 2.28. The van der Waals surface area contributed by atoms with E-state index in [2.05, 4.69) is 5.32 Å². The molecule has 0 amide bonds. The van der Waals surface area contributed by atoms with Gasteiger partial charge in [0, 0.05) is 34.0 Å². The van der Waals surface area contributed by atoms with Gasteiger partial charge in [-0.25, -0.2) is 0 Å². The summed E-state index contributed by atoms with van der Waals surface area (Å²) in [4.78, 5) is 0. The Balaban J connectivity index is 1.97. The summed E-state index contributed by atoms with van der Waals surface area (Å²) < 4.78 is 16.7. The topological polar surface area (TPSA) is 38.3 Å². The summed E-state index contributed by atoms with van der Waals surface area (Å²) in [5.41, 5.74) is 1.00. The van der Waals surface area contributed by atoms with E-state index in [1.807, 2.05) is 25.1 Å². The molecule has 0 aromatic heterocycles. The first-order valence-electron chi connectivity index (χ1n) is 6.23. The summed E-state index contributed by atoms with van der Waals surface area (Å²) in [5, 5.41) is 4.06. The van der Waals surface area contributed by atoms with Crippen molar-refractivity contribution in [2.24, 2.45) is 0 Å². The van der Waals surface area contributed by atoms with Crippen molar-refractivity contribution < 1.29 is 8.95 Å². The van der Waals surface area contributed by atoms with Crippen molar-refractivity contribution in [3.05, 3.63) is 23.2 Å². The maximum atomic E-state index is 11.3. The van der Waals surface area contributed by atoms with Gasteiger partial charge in [-0.2, -0.15) is 0 Å². The second-order valence-corrected chi connectivity index (χ2v) is 6.45. The Morgan fingerprint density at radius 1 is 1.44 bits per heavy atom. The van der Waals surface area contributed by atoms with Crippen molar-refractivity contribution in [3.8, 4) is 5.75 Å². The molecule has 3 nitrogen and oxygen atoms in total. The Hall–Kier alpha value is -0.740. The van der Waals surface area contributed by atoms with Gasteiger partial charge >= 0.3 is 0 Å². The lowest BCUT2D eigenvalue weighted by atomic mass is 10.1. The average molecular weight is 288 g/mol. The molecule has 1 saturated heterocycles. The van der Waals surface area contributed by atoms with Crippen LogP contribution in [0.4, 0.5) is 5.69 Å². The van der Waals surface area contributed by atoms with Gasteiger partial charge in [-0.05, 0) is 38.0 Å². The Labute approximate surface area is 115 Å². The fourth-order valence-corrected chi connectivity index (χ4v) is 3.57. The molecule has 0 unspecified atom stereocenters. The van der Waals surface area contributed by atoms with Crippen LogP contribution in [0, 0.1) is 0 Å². The van der Waals surface area contributed by atoms with Gasteiger partial charge in [0.2, 0.25) is 0 Å². The molecule has 1 heterocycles. The first-order chi connectivity index (χ1) is 8.69. The van der Waals surface area contributed by atoms with Gasteiger partial charge in [-0.3, -0.25) is 4.21 Å². The predicted molar refractivity (Wildman–Crippen MR) is 77.1 cm³/mol. The highest BCUT2D eigenvalue weighted by Gasteiger charge is 2.17. The smallest absolute Gasteiger partial charge is 0.138 e. The van der Waals surface area contributed by atoms with Crippen LogP contribution in [-0.2, 0) is 10.8 Å². The second-order valence-electron chi connectivity index (χ2n) is 4.34. The van der Waals surface area contributed by atoms with Crippen LogP contribution in [0.5, 0.6) is 5.75 Å². The van der Waals surface area contributed by atoms with Gasteiger partial charge in [-0.1, -0.05) is 11.6 Å². The number of hydrogen-bond acceptors (Lipinski definition) is 3. The van der Waals surface area contributed by atoms with Crippen molar-refractivity contribution in [2.45, 2.75) is 25.8 Å². The van der Waals surface area contributed by atoms with E-state index in [1.165, 1.54) is 0 Å². The SMILES string of the molecule is CCOc1ccc(NC2CCS(=O)CC2)cc1Cl. The number of ether oxygens (including phenoxy) is 1. The van der Waals surface area contributed by atoms with E-state index in [1.54, 1.807) is 0 Å². The molecule has 0 radical (unpaired) electrons. The number of halogens is 1. The molecule has 0 bridgehead atoms. The highest BCUT2D eigenvalue weighted by molar-refractivity contribution is 7.85. The molecule has 0 atom stereocenters. The second kappa shape index (κ2) is 6.43. The van der Waals surface area contributed by atoms with Crippen LogP contribution in [0.15, 0.2) is 18.2 Å². The van der Waals surface area contributed by atoms with Crippen LogP contribution in [0.25, 0.3) is 0 Å². The van der Waals surface area contributed by atoms with Crippen LogP contribution in [0.3, 0.4) is 0 Å². The monoisotopic (exact) mass is 287 g/mol. The fraction of sp³-hybridized carbons (Fsp3) is 0.538. The van der Waals surface area contributed by atoms with Crippen molar-refractivity contribution in [1.29, 1.82) is 0 Å². The summed E-state index contributed by atoms with van der Waals surface area (Å²) >= 11 is 6.14.